The molecule has 0 aromatic heterocycles. The summed E-state index contributed by atoms with van der Waals surface area (Å²) < 4.78 is 4.39. The molecule has 3 fully saturated rings. The lowest BCUT2D eigenvalue weighted by Gasteiger charge is -2.37. The minimum Gasteiger partial charge on any atom is -0.465 e. The van der Waals surface area contributed by atoms with Gasteiger partial charge in [-0.3, -0.25) is 14.4 Å². The summed E-state index contributed by atoms with van der Waals surface area (Å²) in [6.45, 7) is 11.7. The van der Waals surface area contributed by atoms with Crippen LogP contribution >= 0.6 is 23.4 Å². The number of carbonyl (C=O) groups is 3. The van der Waals surface area contributed by atoms with E-state index in [9.17, 15) is 19.5 Å². The molecule has 7 nitrogen and oxygen atoms in total. The fourth-order valence-corrected chi connectivity index (χ4v) is 9.26. The molecule has 5 atom stereocenters. The zero-order valence-corrected chi connectivity index (χ0v) is 23.7. The number of anilines is 1. The first-order valence-electron chi connectivity index (χ1n) is 13.2. The summed E-state index contributed by atoms with van der Waals surface area (Å²) in [5.41, 5.74) is 1.41. The van der Waals surface area contributed by atoms with E-state index in [1.165, 1.54) is 4.90 Å². The predicted octanol–water partition coefficient (Wildman–Crippen LogP) is 4.54. The number of para-hydroxylation sites is 1. The van der Waals surface area contributed by atoms with E-state index in [1.807, 2.05) is 32.1 Å². The van der Waals surface area contributed by atoms with Crippen molar-refractivity contribution in [1.82, 2.24) is 4.90 Å². The lowest BCUT2D eigenvalue weighted by atomic mass is 9.66. The van der Waals surface area contributed by atoms with Gasteiger partial charge in [0.1, 0.15) is 6.04 Å². The van der Waals surface area contributed by atoms with Gasteiger partial charge in [-0.1, -0.05) is 35.9 Å². The lowest BCUT2D eigenvalue weighted by Crippen LogP contribution is -2.55. The van der Waals surface area contributed by atoms with Gasteiger partial charge in [-0.05, 0) is 57.6 Å². The first-order chi connectivity index (χ1) is 18.2. The molecule has 3 heterocycles. The predicted molar refractivity (Wildman–Crippen MR) is 151 cm³/mol. The quantitative estimate of drug-likeness (QED) is 0.229. The van der Waals surface area contributed by atoms with Gasteiger partial charge in [0.25, 0.3) is 5.91 Å². The summed E-state index contributed by atoms with van der Waals surface area (Å²) in [6.07, 6.45) is 7.24. The minimum absolute atomic E-state index is 0.0114. The van der Waals surface area contributed by atoms with Crippen LogP contribution in [0, 0.1) is 18.8 Å². The molecule has 1 spiro atoms. The van der Waals surface area contributed by atoms with Crippen LogP contribution in [0.5, 0.6) is 0 Å². The number of hydrogen-bond donors (Lipinski definition) is 1. The molecular weight excluding hydrogens is 524 g/mol. The van der Waals surface area contributed by atoms with E-state index in [0.717, 1.165) is 24.8 Å². The number of aliphatic hydroxyl groups is 1. The number of ether oxygens (including phenoxy) is 1. The molecule has 1 aromatic carbocycles. The second kappa shape index (κ2) is 11.4. The second-order valence-corrected chi connectivity index (χ2v) is 12.9. The van der Waals surface area contributed by atoms with Gasteiger partial charge in [-0.15, -0.1) is 24.9 Å². The number of amides is 2. The number of aliphatic hydroxyl groups excluding tert-OH is 1. The van der Waals surface area contributed by atoms with Crippen molar-refractivity contribution in [3.8, 4) is 0 Å². The van der Waals surface area contributed by atoms with E-state index < -0.39 is 27.4 Å². The lowest BCUT2D eigenvalue weighted by molar-refractivity contribution is -0.155. The fraction of sp³-hybridized carbons (Fsp3) is 0.552. The van der Waals surface area contributed by atoms with Crippen LogP contribution in [0.15, 0.2) is 43.5 Å². The Bertz CT molecular complexity index is 1110. The third-order valence-electron chi connectivity index (χ3n) is 8.19. The topological polar surface area (TPSA) is 87.1 Å². The maximum Gasteiger partial charge on any atom is 0.311 e. The fourth-order valence-electron chi connectivity index (χ4n) is 6.60. The highest BCUT2D eigenvalue weighted by Crippen LogP contribution is 2.71. The van der Waals surface area contributed by atoms with Crippen molar-refractivity contribution >= 4 is 46.8 Å². The van der Waals surface area contributed by atoms with Crippen LogP contribution in [0.3, 0.4) is 0 Å². The molecule has 1 aromatic rings. The summed E-state index contributed by atoms with van der Waals surface area (Å²) in [6, 6.07) is 4.60. The van der Waals surface area contributed by atoms with Gasteiger partial charge in [0.05, 0.1) is 40.5 Å². The maximum absolute atomic E-state index is 14.5. The number of hydrogen-bond acceptors (Lipinski definition) is 6. The SMILES string of the molecule is C=CCCCCOC(=O)[C@H]1[C@H]2C(=O)N(CCO)C(C(=O)N(CC=C)c3c(C)cccc3Cl)C23CC[C@]1(C)S3. The average Bonchev–Trinajstić information content (AvgIpc) is 3.44. The van der Waals surface area contributed by atoms with Crippen molar-refractivity contribution in [2.24, 2.45) is 11.8 Å². The van der Waals surface area contributed by atoms with Gasteiger partial charge in [0.2, 0.25) is 5.91 Å². The normalized spacial score (nSPS) is 29.3. The molecule has 206 valence electrons. The molecule has 9 heteroatoms. The number of rotatable bonds is 12. The molecule has 3 aliphatic rings. The summed E-state index contributed by atoms with van der Waals surface area (Å²) in [5, 5.41) is 10.3. The van der Waals surface area contributed by atoms with Gasteiger partial charge in [0, 0.05) is 17.8 Å². The average molecular weight is 561 g/mol. The summed E-state index contributed by atoms with van der Waals surface area (Å²) in [4.78, 5) is 44.9. The number of aryl methyl sites for hydroxylation is 1. The monoisotopic (exact) mass is 560 g/mol. The highest BCUT2D eigenvalue weighted by molar-refractivity contribution is 8.02. The summed E-state index contributed by atoms with van der Waals surface area (Å²) in [7, 11) is 0. The van der Waals surface area contributed by atoms with Gasteiger partial charge in [-0.2, -0.15) is 0 Å². The number of benzene rings is 1. The number of fused-ring (bicyclic) bond motifs is 1. The smallest absolute Gasteiger partial charge is 0.311 e. The third kappa shape index (κ3) is 4.69. The van der Waals surface area contributed by atoms with Gasteiger partial charge >= 0.3 is 5.97 Å². The van der Waals surface area contributed by atoms with Crippen LogP contribution in [0.1, 0.15) is 44.6 Å². The molecule has 3 aliphatic heterocycles. The number of nitrogens with zero attached hydrogens (tertiary/aromatic N) is 2. The van der Waals surface area contributed by atoms with E-state index in [-0.39, 0.29) is 37.5 Å². The second-order valence-electron chi connectivity index (χ2n) is 10.6. The van der Waals surface area contributed by atoms with E-state index in [2.05, 4.69) is 13.2 Å². The van der Waals surface area contributed by atoms with E-state index in [4.69, 9.17) is 16.3 Å². The number of allylic oxidation sites excluding steroid dienone is 1. The highest BCUT2D eigenvalue weighted by atomic mass is 35.5. The molecule has 1 N–H and O–H groups in total. The first kappa shape index (κ1) is 28.7. The van der Waals surface area contributed by atoms with Gasteiger partial charge in [-0.25, -0.2) is 0 Å². The Balaban J connectivity index is 1.71. The molecular formula is C29H37ClN2O5S. The highest BCUT2D eigenvalue weighted by Gasteiger charge is 2.77. The van der Waals surface area contributed by atoms with Crippen LogP contribution < -0.4 is 4.90 Å². The Morgan fingerprint density at radius 3 is 2.71 bits per heavy atom. The zero-order chi connectivity index (χ0) is 27.7. The number of esters is 1. The van der Waals surface area contributed by atoms with Gasteiger partial charge in [0.15, 0.2) is 0 Å². The summed E-state index contributed by atoms with van der Waals surface area (Å²) in [5.74, 6) is -2.26. The van der Waals surface area contributed by atoms with E-state index >= 15 is 0 Å². The molecule has 4 rings (SSSR count). The first-order valence-corrected chi connectivity index (χ1v) is 14.4. The maximum atomic E-state index is 14.5. The molecule has 2 amide bonds. The Morgan fingerprint density at radius 2 is 2.05 bits per heavy atom. The Hall–Kier alpha value is -2.29. The van der Waals surface area contributed by atoms with Crippen LogP contribution in [0.4, 0.5) is 5.69 Å². The molecule has 38 heavy (non-hydrogen) atoms. The van der Waals surface area contributed by atoms with E-state index in [1.54, 1.807) is 28.8 Å². The Kier molecular flexibility index (Phi) is 8.65. The molecule has 3 saturated heterocycles. The van der Waals surface area contributed by atoms with Crippen LogP contribution in [0.2, 0.25) is 5.02 Å². The standard InChI is InChI=1S/C29H37ClN2O5S/c1-5-7-8-9-18-37-27(36)22-21-25(34)32(16-17-33)24(29(21)14-13-28(22,4)38-29)26(35)31(15-6-2)23-19(3)11-10-12-20(23)30/h5-6,10-12,21-22,24,33H,1-2,7-9,13-18H2,3-4H3/t21-,22+,24?,28-,29?/m0/s1. The zero-order valence-electron chi connectivity index (χ0n) is 22.2. The molecule has 2 unspecified atom stereocenters. The number of likely N-dealkylation sites (tertiary alicyclic amines) is 1. The minimum atomic E-state index is -0.847. The number of thioether (sulfide) groups is 1. The van der Waals surface area contributed by atoms with E-state index in [0.29, 0.717) is 30.2 Å². The third-order valence-corrected chi connectivity index (χ3v) is 10.5. The van der Waals surface area contributed by atoms with Crippen molar-refractivity contribution in [1.29, 1.82) is 0 Å². The molecule has 0 aliphatic carbocycles. The molecule has 2 bridgehead atoms. The Morgan fingerprint density at radius 1 is 1.29 bits per heavy atom. The van der Waals surface area contributed by atoms with Crippen molar-refractivity contribution in [3.05, 3.63) is 54.1 Å². The van der Waals surface area contributed by atoms with Crippen molar-refractivity contribution in [2.75, 3.05) is 31.2 Å². The van der Waals surface area contributed by atoms with Gasteiger partial charge < -0.3 is 19.6 Å². The van der Waals surface area contributed by atoms with Crippen molar-refractivity contribution in [2.45, 2.75) is 61.5 Å². The number of unbranched alkanes of at least 4 members (excludes halogenated alkanes) is 2. The molecule has 0 radical (unpaired) electrons. The Labute approximate surface area is 234 Å². The van der Waals surface area contributed by atoms with Crippen molar-refractivity contribution < 1.29 is 24.2 Å². The largest absolute Gasteiger partial charge is 0.465 e. The van der Waals surface area contributed by atoms with Crippen LogP contribution in [-0.2, 0) is 19.1 Å². The van der Waals surface area contributed by atoms with Crippen LogP contribution in [0.25, 0.3) is 0 Å². The van der Waals surface area contributed by atoms with Crippen LogP contribution in [-0.4, -0.2) is 69.6 Å². The number of halogens is 1. The van der Waals surface area contributed by atoms with Crippen molar-refractivity contribution in [3.63, 3.8) is 0 Å². The summed E-state index contributed by atoms with van der Waals surface area (Å²) >= 11 is 8.15. The molecule has 0 saturated carbocycles. The number of carbonyl (C=O) groups excluding carboxylic acids is 3. The number of β-amino-alcohol motifs (C(OH)–C–C–N with tert-alkyl or cyclic N) is 1.